The molecule has 4 heteroatoms. The molecule has 1 aromatic heterocycles. The fourth-order valence-electron chi connectivity index (χ4n) is 2.42. The fourth-order valence-corrected chi connectivity index (χ4v) is 3.35. The summed E-state index contributed by atoms with van der Waals surface area (Å²) in [5.74, 6) is 0. The standard InChI is InChI=1S/C14H18N2OS/c1-17-14(7-4-8-14)10-15-9-13-16-11-5-2-3-6-12(11)18-13/h2-3,5-6,15H,4,7-10H2,1H3. The molecular weight excluding hydrogens is 244 g/mol. The van der Waals surface area contributed by atoms with Crippen molar-refractivity contribution in [2.75, 3.05) is 13.7 Å². The van der Waals surface area contributed by atoms with Crippen LogP contribution in [0, 0.1) is 0 Å². The Bertz CT molecular complexity index is 495. The molecule has 1 aliphatic carbocycles. The van der Waals surface area contributed by atoms with Crippen LogP contribution in [0.2, 0.25) is 0 Å². The zero-order valence-corrected chi connectivity index (χ0v) is 11.4. The highest BCUT2D eigenvalue weighted by molar-refractivity contribution is 7.18. The second kappa shape index (κ2) is 4.96. The lowest BCUT2D eigenvalue weighted by atomic mass is 9.80. The molecule has 3 nitrogen and oxygen atoms in total. The van der Waals surface area contributed by atoms with E-state index in [1.807, 2.05) is 13.2 Å². The van der Waals surface area contributed by atoms with E-state index in [4.69, 9.17) is 4.74 Å². The first kappa shape index (κ1) is 12.1. The van der Waals surface area contributed by atoms with E-state index in [2.05, 4.69) is 28.5 Å². The fraction of sp³-hybridized carbons (Fsp3) is 0.500. The minimum atomic E-state index is 0.0939. The number of benzene rings is 1. The number of nitrogens with one attached hydrogen (secondary N) is 1. The number of ether oxygens (including phenoxy) is 1. The van der Waals surface area contributed by atoms with E-state index in [0.29, 0.717) is 0 Å². The van der Waals surface area contributed by atoms with Gasteiger partial charge in [-0.1, -0.05) is 12.1 Å². The molecule has 1 aromatic carbocycles. The van der Waals surface area contributed by atoms with Crippen molar-refractivity contribution >= 4 is 21.6 Å². The van der Waals surface area contributed by atoms with Crippen LogP contribution in [0.5, 0.6) is 0 Å². The topological polar surface area (TPSA) is 34.1 Å². The lowest BCUT2D eigenvalue weighted by Crippen LogP contribution is -2.47. The molecule has 1 saturated carbocycles. The molecule has 0 aliphatic heterocycles. The second-order valence-corrected chi connectivity index (χ2v) is 6.03. The normalized spacial score (nSPS) is 17.8. The third-order valence-corrected chi connectivity index (χ3v) is 4.80. The third-order valence-electron chi connectivity index (χ3n) is 3.76. The second-order valence-electron chi connectivity index (χ2n) is 4.92. The van der Waals surface area contributed by atoms with Crippen LogP contribution in [-0.2, 0) is 11.3 Å². The smallest absolute Gasteiger partial charge is 0.108 e. The van der Waals surface area contributed by atoms with Crippen molar-refractivity contribution in [1.82, 2.24) is 10.3 Å². The summed E-state index contributed by atoms with van der Waals surface area (Å²) in [5.41, 5.74) is 1.20. The average molecular weight is 262 g/mol. The van der Waals surface area contributed by atoms with Gasteiger partial charge in [-0.05, 0) is 31.4 Å². The molecule has 1 N–H and O–H groups in total. The van der Waals surface area contributed by atoms with Crippen LogP contribution in [0.15, 0.2) is 24.3 Å². The van der Waals surface area contributed by atoms with Crippen LogP contribution in [0.25, 0.3) is 10.2 Å². The summed E-state index contributed by atoms with van der Waals surface area (Å²) in [6, 6.07) is 8.29. The number of aromatic nitrogens is 1. The van der Waals surface area contributed by atoms with E-state index in [-0.39, 0.29) is 5.60 Å². The molecule has 96 valence electrons. The summed E-state index contributed by atoms with van der Waals surface area (Å²) in [6.07, 6.45) is 3.64. The Morgan fingerprint density at radius 2 is 2.22 bits per heavy atom. The highest BCUT2D eigenvalue weighted by Gasteiger charge is 2.36. The van der Waals surface area contributed by atoms with E-state index < -0.39 is 0 Å². The van der Waals surface area contributed by atoms with E-state index in [9.17, 15) is 0 Å². The number of para-hydroxylation sites is 1. The van der Waals surface area contributed by atoms with Gasteiger partial charge in [-0.2, -0.15) is 0 Å². The highest BCUT2D eigenvalue weighted by Crippen LogP contribution is 2.34. The van der Waals surface area contributed by atoms with Crippen molar-refractivity contribution in [3.8, 4) is 0 Å². The van der Waals surface area contributed by atoms with Gasteiger partial charge < -0.3 is 10.1 Å². The van der Waals surface area contributed by atoms with E-state index in [1.54, 1.807) is 11.3 Å². The quantitative estimate of drug-likeness (QED) is 0.899. The van der Waals surface area contributed by atoms with Crippen LogP contribution in [-0.4, -0.2) is 24.2 Å². The largest absolute Gasteiger partial charge is 0.377 e. The van der Waals surface area contributed by atoms with E-state index >= 15 is 0 Å². The lowest BCUT2D eigenvalue weighted by molar-refractivity contribution is -0.0695. The zero-order valence-electron chi connectivity index (χ0n) is 10.6. The van der Waals surface area contributed by atoms with Gasteiger partial charge >= 0.3 is 0 Å². The predicted octanol–water partition coefficient (Wildman–Crippen LogP) is 2.96. The molecule has 3 rings (SSSR count). The molecule has 0 atom stereocenters. The van der Waals surface area contributed by atoms with Crippen molar-refractivity contribution in [3.05, 3.63) is 29.3 Å². The number of methoxy groups -OCH3 is 1. The van der Waals surface area contributed by atoms with Gasteiger partial charge in [-0.3, -0.25) is 0 Å². The summed E-state index contributed by atoms with van der Waals surface area (Å²) in [4.78, 5) is 4.62. The Labute approximate surface area is 111 Å². The molecule has 0 unspecified atom stereocenters. The summed E-state index contributed by atoms with van der Waals surface area (Å²) < 4.78 is 6.85. The molecule has 0 amide bonds. The van der Waals surface area contributed by atoms with Crippen LogP contribution in [0.4, 0.5) is 0 Å². The maximum atomic E-state index is 5.59. The maximum absolute atomic E-state index is 5.59. The van der Waals surface area contributed by atoms with Gasteiger partial charge in [-0.15, -0.1) is 11.3 Å². The summed E-state index contributed by atoms with van der Waals surface area (Å²) in [5, 5.41) is 4.63. The first-order valence-corrected chi connectivity index (χ1v) is 7.23. The number of thiazole rings is 1. The van der Waals surface area contributed by atoms with Gasteiger partial charge in [0.2, 0.25) is 0 Å². The van der Waals surface area contributed by atoms with Crippen LogP contribution in [0.3, 0.4) is 0 Å². The van der Waals surface area contributed by atoms with Crippen molar-refractivity contribution in [2.45, 2.75) is 31.4 Å². The van der Waals surface area contributed by atoms with Crippen LogP contribution in [0.1, 0.15) is 24.3 Å². The number of nitrogens with zero attached hydrogens (tertiary/aromatic N) is 1. The zero-order chi connectivity index (χ0) is 12.4. The van der Waals surface area contributed by atoms with E-state index in [1.165, 1.54) is 24.0 Å². The number of hydrogen-bond donors (Lipinski definition) is 1. The van der Waals surface area contributed by atoms with Gasteiger partial charge in [0.05, 0.1) is 15.8 Å². The molecule has 0 bridgehead atoms. The maximum Gasteiger partial charge on any atom is 0.108 e. The Morgan fingerprint density at radius 1 is 1.39 bits per heavy atom. The number of hydrogen-bond acceptors (Lipinski definition) is 4. The molecule has 0 saturated heterocycles. The van der Waals surface area contributed by atoms with Crippen molar-refractivity contribution in [1.29, 1.82) is 0 Å². The molecule has 1 fully saturated rings. The molecule has 0 spiro atoms. The van der Waals surface area contributed by atoms with Crippen molar-refractivity contribution in [3.63, 3.8) is 0 Å². The Kier molecular flexibility index (Phi) is 3.33. The molecular formula is C14H18N2OS. The Morgan fingerprint density at radius 3 is 2.89 bits per heavy atom. The first-order chi connectivity index (χ1) is 8.81. The van der Waals surface area contributed by atoms with Gasteiger partial charge in [-0.25, -0.2) is 4.98 Å². The number of rotatable bonds is 5. The van der Waals surface area contributed by atoms with Crippen LogP contribution >= 0.6 is 11.3 Å². The SMILES string of the molecule is COC1(CNCc2nc3ccccc3s2)CCC1. The van der Waals surface area contributed by atoms with Gasteiger partial charge in [0.15, 0.2) is 0 Å². The van der Waals surface area contributed by atoms with Crippen LogP contribution < -0.4 is 5.32 Å². The monoisotopic (exact) mass is 262 g/mol. The van der Waals surface area contributed by atoms with Crippen molar-refractivity contribution < 1.29 is 4.74 Å². The minimum absolute atomic E-state index is 0.0939. The summed E-state index contributed by atoms with van der Waals surface area (Å²) >= 11 is 1.77. The van der Waals surface area contributed by atoms with E-state index in [0.717, 1.165) is 23.6 Å². The van der Waals surface area contributed by atoms with Crippen molar-refractivity contribution in [2.24, 2.45) is 0 Å². The predicted molar refractivity (Wildman–Crippen MR) is 74.9 cm³/mol. The lowest BCUT2D eigenvalue weighted by Gasteiger charge is -2.40. The van der Waals surface area contributed by atoms with Gasteiger partial charge in [0.25, 0.3) is 0 Å². The molecule has 1 heterocycles. The Balaban J connectivity index is 1.59. The highest BCUT2D eigenvalue weighted by atomic mass is 32.1. The van der Waals surface area contributed by atoms with Gasteiger partial charge in [0, 0.05) is 20.2 Å². The summed E-state index contributed by atoms with van der Waals surface area (Å²) in [7, 11) is 1.82. The third kappa shape index (κ3) is 2.28. The molecule has 0 radical (unpaired) electrons. The summed E-state index contributed by atoms with van der Waals surface area (Å²) in [6.45, 7) is 1.77. The number of fused-ring (bicyclic) bond motifs is 1. The van der Waals surface area contributed by atoms with Gasteiger partial charge in [0.1, 0.15) is 5.01 Å². The molecule has 2 aromatic rings. The Hall–Kier alpha value is -0.970. The molecule has 18 heavy (non-hydrogen) atoms. The minimum Gasteiger partial charge on any atom is -0.377 e. The molecule has 1 aliphatic rings. The average Bonchev–Trinajstić information content (AvgIpc) is 2.75. The first-order valence-electron chi connectivity index (χ1n) is 6.42.